The van der Waals surface area contributed by atoms with Crippen LogP contribution in [0, 0.1) is 6.92 Å². The van der Waals surface area contributed by atoms with Gasteiger partial charge in [-0.3, -0.25) is 4.90 Å². The van der Waals surface area contributed by atoms with Gasteiger partial charge in [0.1, 0.15) is 11.4 Å². The summed E-state index contributed by atoms with van der Waals surface area (Å²) in [7, 11) is 0. The van der Waals surface area contributed by atoms with Crippen LogP contribution in [0.1, 0.15) is 44.1 Å². The van der Waals surface area contributed by atoms with E-state index in [9.17, 15) is 9.90 Å². The van der Waals surface area contributed by atoms with Gasteiger partial charge in [0.2, 0.25) is 0 Å². The highest BCUT2D eigenvalue weighted by Gasteiger charge is 2.22. The van der Waals surface area contributed by atoms with Crippen LogP contribution in [0.5, 0.6) is 0 Å². The molecular formula is C16H28N4O3. The van der Waals surface area contributed by atoms with Gasteiger partial charge < -0.3 is 20.3 Å². The predicted octanol–water partition coefficient (Wildman–Crippen LogP) is 1.90. The Bertz CT molecular complexity index is 504. The number of hydrogen-bond acceptors (Lipinski definition) is 5. The van der Waals surface area contributed by atoms with Gasteiger partial charge in [-0.1, -0.05) is 12.1 Å². The van der Waals surface area contributed by atoms with Gasteiger partial charge in [0.05, 0.1) is 6.61 Å². The summed E-state index contributed by atoms with van der Waals surface area (Å²) in [6.45, 7) is 6.71. The molecule has 1 fully saturated rings. The highest BCUT2D eigenvalue weighted by atomic mass is 16.5. The van der Waals surface area contributed by atoms with Crippen molar-refractivity contribution in [2.75, 3.05) is 31.6 Å². The van der Waals surface area contributed by atoms with E-state index in [1.165, 1.54) is 6.42 Å². The molecule has 0 bridgehead atoms. The molecule has 1 saturated heterocycles. The second kappa shape index (κ2) is 8.88. The number of likely N-dealkylation sites (tertiary alicyclic amines) is 1. The highest BCUT2D eigenvalue weighted by molar-refractivity contribution is 5.90. The Morgan fingerprint density at radius 3 is 3.04 bits per heavy atom. The molecule has 0 saturated carbocycles. The lowest BCUT2D eigenvalue weighted by molar-refractivity contribution is 0.157. The average Bonchev–Trinajstić information content (AvgIpc) is 3.14. The fourth-order valence-corrected chi connectivity index (χ4v) is 3.01. The predicted molar refractivity (Wildman–Crippen MR) is 88.6 cm³/mol. The maximum atomic E-state index is 11.9. The monoisotopic (exact) mass is 324 g/mol. The molecule has 2 heterocycles. The fourth-order valence-electron chi connectivity index (χ4n) is 3.01. The van der Waals surface area contributed by atoms with Gasteiger partial charge >= 0.3 is 6.03 Å². The van der Waals surface area contributed by atoms with Gasteiger partial charge in [0.15, 0.2) is 5.76 Å². The summed E-state index contributed by atoms with van der Waals surface area (Å²) in [5, 5.41) is 18.8. The van der Waals surface area contributed by atoms with Gasteiger partial charge in [0.25, 0.3) is 0 Å². The fraction of sp³-hybridized carbons (Fsp3) is 0.750. The normalized spacial score (nSPS) is 18.3. The third-order valence-corrected chi connectivity index (χ3v) is 4.36. The number of nitrogens with one attached hydrogen (secondary N) is 2. The number of nitrogens with zero attached hydrogens (tertiary/aromatic N) is 2. The molecule has 23 heavy (non-hydrogen) atoms. The number of anilines is 1. The van der Waals surface area contributed by atoms with Gasteiger partial charge in [-0.05, 0) is 45.7 Å². The first kappa shape index (κ1) is 17.7. The Hall–Kier alpha value is -1.60. The number of aliphatic hydroxyl groups excluding tert-OH is 1. The van der Waals surface area contributed by atoms with Gasteiger partial charge in [-0.2, -0.15) is 0 Å². The zero-order valence-corrected chi connectivity index (χ0v) is 14.1. The molecule has 0 spiro atoms. The number of amides is 2. The van der Waals surface area contributed by atoms with Crippen LogP contribution in [0.4, 0.5) is 10.5 Å². The molecule has 0 aliphatic carbocycles. The third-order valence-electron chi connectivity index (χ3n) is 4.36. The second-order valence-corrected chi connectivity index (χ2v) is 6.02. The van der Waals surface area contributed by atoms with Gasteiger partial charge in [-0.25, -0.2) is 4.79 Å². The zero-order chi connectivity index (χ0) is 16.7. The third kappa shape index (κ3) is 4.94. The van der Waals surface area contributed by atoms with E-state index < -0.39 is 0 Å². The number of urea groups is 1. The van der Waals surface area contributed by atoms with E-state index in [0.29, 0.717) is 36.1 Å². The summed E-state index contributed by atoms with van der Waals surface area (Å²) >= 11 is 0. The standard InChI is InChI=1S/C16H28N4O3/c1-3-14-15(12(2)19-23-14)18-16(22)17-8-4-5-9-20-10-6-7-13(20)11-21/h13,21H,3-11H2,1-2H3,(H2,17,18,22). The van der Waals surface area contributed by atoms with Crippen LogP contribution in [0.2, 0.25) is 0 Å². The number of hydrogen-bond donors (Lipinski definition) is 3. The largest absolute Gasteiger partial charge is 0.395 e. The SMILES string of the molecule is CCc1onc(C)c1NC(=O)NCCCCN1CCCC1CO. The molecule has 2 amide bonds. The van der Waals surface area contributed by atoms with Crippen molar-refractivity contribution in [3.63, 3.8) is 0 Å². The molecule has 7 heteroatoms. The summed E-state index contributed by atoms with van der Waals surface area (Å²) in [5.74, 6) is 0.696. The number of rotatable bonds is 8. The van der Waals surface area contributed by atoms with Crippen molar-refractivity contribution in [2.24, 2.45) is 0 Å². The molecule has 1 aromatic heterocycles. The maximum Gasteiger partial charge on any atom is 0.319 e. The number of aromatic nitrogens is 1. The summed E-state index contributed by atoms with van der Waals surface area (Å²) in [6, 6.07) is 0.107. The molecule has 2 rings (SSSR count). The van der Waals surface area contributed by atoms with Crippen molar-refractivity contribution in [1.82, 2.24) is 15.4 Å². The van der Waals surface area contributed by atoms with Crippen LogP contribution in [0.25, 0.3) is 0 Å². The Kier molecular flexibility index (Phi) is 6.85. The highest BCUT2D eigenvalue weighted by Crippen LogP contribution is 2.20. The number of unbranched alkanes of at least 4 members (excludes halogenated alkanes) is 1. The first-order chi connectivity index (χ1) is 11.2. The van der Waals surface area contributed by atoms with Crippen LogP contribution < -0.4 is 10.6 Å². The minimum absolute atomic E-state index is 0.222. The summed E-state index contributed by atoms with van der Waals surface area (Å²) in [6.07, 6.45) is 4.89. The topological polar surface area (TPSA) is 90.6 Å². The summed E-state index contributed by atoms with van der Waals surface area (Å²) in [4.78, 5) is 14.3. The number of carbonyl (C=O) groups excluding carboxylic acids is 1. The molecule has 130 valence electrons. The Morgan fingerprint density at radius 2 is 2.30 bits per heavy atom. The van der Waals surface area contributed by atoms with Crippen molar-refractivity contribution in [1.29, 1.82) is 0 Å². The lowest BCUT2D eigenvalue weighted by atomic mass is 10.2. The molecular weight excluding hydrogens is 296 g/mol. The van der Waals surface area contributed by atoms with Crippen LogP contribution in [-0.4, -0.2) is 53.5 Å². The van der Waals surface area contributed by atoms with Crippen LogP contribution in [0.3, 0.4) is 0 Å². The van der Waals surface area contributed by atoms with Crippen molar-refractivity contribution in [3.8, 4) is 0 Å². The van der Waals surface area contributed by atoms with E-state index in [1.54, 1.807) is 0 Å². The van der Waals surface area contributed by atoms with Crippen LogP contribution in [-0.2, 0) is 6.42 Å². The lowest BCUT2D eigenvalue weighted by Crippen LogP contribution is -2.34. The van der Waals surface area contributed by atoms with Gasteiger partial charge in [-0.15, -0.1) is 0 Å². The smallest absolute Gasteiger partial charge is 0.319 e. The molecule has 3 N–H and O–H groups in total. The molecule has 1 aliphatic heterocycles. The van der Waals surface area contributed by atoms with E-state index in [1.807, 2.05) is 13.8 Å². The minimum Gasteiger partial charge on any atom is -0.395 e. The molecule has 1 aromatic rings. The van der Waals surface area contributed by atoms with Crippen LogP contribution in [0.15, 0.2) is 4.52 Å². The first-order valence-electron chi connectivity index (χ1n) is 8.50. The average molecular weight is 324 g/mol. The quantitative estimate of drug-likeness (QED) is 0.635. The van der Waals surface area contributed by atoms with Crippen LogP contribution >= 0.6 is 0 Å². The summed E-state index contributed by atoms with van der Waals surface area (Å²) < 4.78 is 5.15. The Balaban J connectivity index is 1.62. The van der Waals surface area contributed by atoms with E-state index in [-0.39, 0.29) is 12.6 Å². The van der Waals surface area contributed by atoms with Crippen molar-refractivity contribution in [2.45, 2.75) is 52.0 Å². The Labute approximate surface area is 137 Å². The number of aryl methyl sites for hydroxylation is 2. The van der Waals surface area contributed by atoms with E-state index >= 15 is 0 Å². The van der Waals surface area contributed by atoms with E-state index in [2.05, 4.69) is 20.7 Å². The van der Waals surface area contributed by atoms with Crippen molar-refractivity contribution >= 4 is 11.7 Å². The lowest BCUT2D eigenvalue weighted by Gasteiger charge is -2.22. The molecule has 7 nitrogen and oxygen atoms in total. The second-order valence-electron chi connectivity index (χ2n) is 6.02. The molecule has 1 atom stereocenters. The molecule has 1 aliphatic rings. The van der Waals surface area contributed by atoms with Crippen molar-refractivity contribution in [3.05, 3.63) is 11.5 Å². The molecule has 0 radical (unpaired) electrons. The maximum absolute atomic E-state index is 11.9. The minimum atomic E-state index is -0.222. The summed E-state index contributed by atoms with van der Waals surface area (Å²) in [5.41, 5.74) is 1.37. The number of carbonyl (C=O) groups is 1. The molecule has 0 aromatic carbocycles. The Morgan fingerprint density at radius 1 is 1.48 bits per heavy atom. The zero-order valence-electron chi connectivity index (χ0n) is 14.1. The number of aliphatic hydroxyl groups is 1. The van der Waals surface area contributed by atoms with Gasteiger partial charge in [0, 0.05) is 19.0 Å². The van der Waals surface area contributed by atoms with E-state index in [0.717, 1.165) is 32.4 Å². The first-order valence-corrected chi connectivity index (χ1v) is 8.50. The molecule has 1 unspecified atom stereocenters. The van der Waals surface area contributed by atoms with E-state index in [4.69, 9.17) is 4.52 Å². The van der Waals surface area contributed by atoms with Crippen molar-refractivity contribution < 1.29 is 14.4 Å².